The van der Waals surface area contributed by atoms with Crippen molar-refractivity contribution in [2.24, 2.45) is 0 Å². The van der Waals surface area contributed by atoms with Crippen LogP contribution in [0.3, 0.4) is 0 Å². The van der Waals surface area contributed by atoms with Crippen molar-refractivity contribution in [3.8, 4) is 6.07 Å². The van der Waals surface area contributed by atoms with Gasteiger partial charge in [-0.15, -0.1) is 11.6 Å². The predicted molar refractivity (Wildman–Crippen MR) is 61.2 cm³/mol. The van der Waals surface area contributed by atoms with Crippen LogP contribution in [-0.2, 0) is 6.54 Å². The summed E-state index contributed by atoms with van der Waals surface area (Å²) in [6.07, 6.45) is 1.89. The highest BCUT2D eigenvalue weighted by Gasteiger charge is 2.15. The van der Waals surface area contributed by atoms with Gasteiger partial charge in [0.15, 0.2) is 0 Å². The molecule has 0 aliphatic carbocycles. The lowest BCUT2D eigenvalue weighted by atomic mass is 9.98. The Kier molecular flexibility index (Phi) is 2.94. The topological polar surface area (TPSA) is 27.0 Å². The number of nitriles is 1. The van der Waals surface area contributed by atoms with E-state index in [0.717, 1.165) is 24.2 Å². The summed E-state index contributed by atoms with van der Waals surface area (Å²) in [6, 6.07) is 10.2. The molecule has 0 amide bonds. The number of alkyl halides is 1. The van der Waals surface area contributed by atoms with Gasteiger partial charge in [-0.25, -0.2) is 0 Å². The van der Waals surface area contributed by atoms with Gasteiger partial charge in [0.1, 0.15) is 6.07 Å². The van der Waals surface area contributed by atoms with Crippen molar-refractivity contribution in [1.29, 1.82) is 5.26 Å². The molecule has 0 bridgehead atoms. The molecule has 0 spiro atoms. The van der Waals surface area contributed by atoms with E-state index >= 15 is 0 Å². The van der Waals surface area contributed by atoms with Gasteiger partial charge in [-0.3, -0.25) is 0 Å². The highest BCUT2D eigenvalue weighted by atomic mass is 35.5. The monoisotopic (exact) mass is 218 g/mol. The van der Waals surface area contributed by atoms with E-state index < -0.39 is 0 Å². The molecule has 2 nitrogen and oxygen atoms in total. The number of halogens is 1. The van der Waals surface area contributed by atoms with Crippen LogP contribution in [0.2, 0.25) is 0 Å². The lowest BCUT2D eigenvalue weighted by Crippen LogP contribution is -2.23. The molecule has 3 heteroatoms. The van der Waals surface area contributed by atoms with Crippen LogP contribution in [0.4, 0.5) is 0 Å². The summed E-state index contributed by atoms with van der Waals surface area (Å²) in [5.41, 5.74) is 2.97. The Bertz CT molecular complexity index is 431. The molecule has 76 valence electrons. The highest BCUT2D eigenvalue weighted by Crippen LogP contribution is 2.25. The minimum atomic E-state index is 0.581. The molecule has 0 fully saturated rings. The molecule has 0 radical (unpaired) electrons. The Balaban J connectivity index is 2.38. The first-order valence-corrected chi connectivity index (χ1v) is 5.39. The third kappa shape index (κ3) is 1.98. The normalized spacial score (nSPS) is 14.1. The van der Waals surface area contributed by atoms with Gasteiger partial charge in [0.25, 0.3) is 0 Å². The zero-order chi connectivity index (χ0) is 10.7. The van der Waals surface area contributed by atoms with E-state index in [1.807, 2.05) is 24.4 Å². The highest BCUT2D eigenvalue weighted by molar-refractivity contribution is 6.18. The largest absolute Gasteiger partial charge is 0.371 e. The molecular formula is C12H11ClN2. The maximum absolute atomic E-state index is 9.05. The maximum Gasteiger partial charge on any atom is 0.101 e. The second-order valence-corrected chi connectivity index (χ2v) is 3.85. The van der Waals surface area contributed by atoms with E-state index in [-0.39, 0.29) is 0 Å². The van der Waals surface area contributed by atoms with Crippen molar-refractivity contribution in [3.05, 3.63) is 41.6 Å². The summed E-state index contributed by atoms with van der Waals surface area (Å²) in [5.74, 6) is 0.581. The van der Waals surface area contributed by atoms with Crippen LogP contribution in [0.25, 0.3) is 5.57 Å². The van der Waals surface area contributed by atoms with E-state index in [4.69, 9.17) is 16.9 Å². The van der Waals surface area contributed by atoms with Crippen molar-refractivity contribution < 1.29 is 0 Å². The molecule has 0 saturated carbocycles. The summed E-state index contributed by atoms with van der Waals surface area (Å²) in [4.78, 5) is 2.08. The summed E-state index contributed by atoms with van der Waals surface area (Å²) in [7, 11) is 0. The van der Waals surface area contributed by atoms with Crippen molar-refractivity contribution in [2.45, 2.75) is 6.54 Å². The van der Waals surface area contributed by atoms with E-state index in [2.05, 4.69) is 17.0 Å². The predicted octanol–water partition coefficient (Wildman–Crippen LogP) is 2.61. The van der Waals surface area contributed by atoms with Crippen LogP contribution in [0, 0.1) is 11.3 Å². The van der Waals surface area contributed by atoms with Crippen LogP contribution in [0.15, 0.2) is 30.5 Å². The minimum absolute atomic E-state index is 0.581. The molecule has 0 N–H and O–H groups in total. The summed E-state index contributed by atoms with van der Waals surface area (Å²) in [6.45, 7) is 1.62. The average molecular weight is 219 g/mol. The fourth-order valence-electron chi connectivity index (χ4n) is 1.78. The molecule has 0 atom stereocenters. The number of hydrogen-bond donors (Lipinski definition) is 0. The number of fused-ring (bicyclic) bond motifs is 1. The number of hydrogen-bond acceptors (Lipinski definition) is 2. The number of rotatable bonds is 2. The van der Waals surface area contributed by atoms with Gasteiger partial charge < -0.3 is 4.90 Å². The van der Waals surface area contributed by atoms with Gasteiger partial charge in [0.05, 0.1) is 5.57 Å². The Morgan fingerprint density at radius 1 is 1.40 bits per heavy atom. The second kappa shape index (κ2) is 4.37. The summed E-state index contributed by atoms with van der Waals surface area (Å²) < 4.78 is 0. The van der Waals surface area contributed by atoms with E-state index in [1.165, 1.54) is 5.56 Å². The SMILES string of the molecule is N#CC1=CN(CCCl)Cc2ccccc21. The lowest BCUT2D eigenvalue weighted by molar-refractivity contribution is 0.388. The van der Waals surface area contributed by atoms with Crippen LogP contribution in [0.5, 0.6) is 0 Å². The molecule has 15 heavy (non-hydrogen) atoms. The number of allylic oxidation sites excluding steroid dienone is 1. The third-order valence-corrected chi connectivity index (χ3v) is 2.65. The van der Waals surface area contributed by atoms with Gasteiger partial charge in [-0.05, 0) is 11.1 Å². The van der Waals surface area contributed by atoms with Crippen LogP contribution in [0.1, 0.15) is 11.1 Å². The lowest BCUT2D eigenvalue weighted by Gasteiger charge is -2.25. The number of nitrogens with zero attached hydrogens (tertiary/aromatic N) is 2. The second-order valence-electron chi connectivity index (χ2n) is 3.47. The molecule has 1 aromatic carbocycles. The fourth-order valence-corrected chi connectivity index (χ4v) is 2.00. The quantitative estimate of drug-likeness (QED) is 0.714. The van der Waals surface area contributed by atoms with Gasteiger partial charge in [-0.1, -0.05) is 24.3 Å². The van der Waals surface area contributed by atoms with Crippen LogP contribution in [-0.4, -0.2) is 17.3 Å². The van der Waals surface area contributed by atoms with Gasteiger partial charge in [-0.2, -0.15) is 5.26 Å². The number of benzene rings is 1. The van der Waals surface area contributed by atoms with Crippen LogP contribution >= 0.6 is 11.6 Å². The Morgan fingerprint density at radius 3 is 2.93 bits per heavy atom. The van der Waals surface area contributed by atoms with E-state index in [9.17, 15) is 0 Å². The van der Waals surface area contributed by atoms with E-state index in [1.54, 1.807) is 0 Å². The third-order valence-electron chi connectivity index (χ3n) is 2.48. The smallest absolute Gasteiger partial charge is 0.101 e. The Labute approximate surface area is 94.4 Å². The van der Waals surface area contributed by atoms with Gasteiger partial charge in [0.2, 0.25) is 0 Å². The molecule has 1 aromatic rings. The summed E-state index contributed by atoms with van der Waals surface area (Å²) in [5, 5.41) is 9.05. The maximum atomic E-state index is 9.05. The Morgan fingerprint density at radius 2 is 2.20 bits per heavy atom. The van der Waals surface area contributed by atoms with E-state index in [0.29, 0.717) is 5.88 Å². The molecule has 1 aliphatic rings. The standard InChI is InChI=1S/C12H11ClN2/c13-5-6-15-8-10-3-1-2-4-12(10)11(7-14)9-15/h1-4,9H,5-6,8H2. The van der Waals surface area contributed by atoms with Crippen molar-refractivity contribution >= 4 is 17.2 Å². The first kappa shape index (κ1) is 10.1. The van der Waals surface area contributed by atoms with Crippen molar-refractivity contribution in [2.75, 3.05) is 12.4 Å². The molecule has 0 unspecified atom stereocenters. The molecule has 1 heterocycles. The molecule has 1 aliphatic heterocycles. The zero-order valence-electron chi connectivity index (χ0n) is 8.28. The zero-order valence-corrected chi connectivity index (χ0v) is 9.04. The average Bonchev–Trinajstić information content (AvgIpc) is 2.28. The van der Waals surface area contributed by atoms with Gasteiger partial charge >= 0.3 is 0 Å². The first-order valence-electron chi connectivity index (χ1n) is 4.85. The molecule has 0 aromatic heterocycles. The minimum Gasteiger partial charge on any atom is -0.371 e. The van der Waals surface area contributed by atoms with Crippen LogP contribution < -0.4 is 0 Å². The molecule has 2 rings (SSSR count). The fraction of sp³-hybridized carbons (Fsp3) is 0.250. The summed E-state index contributed by atoms with van der Waals surface area (Å²) >= 11 is 5.70. The molecule has 0 saturated heterocycles. The van der Waals surface area contributed by atoms with Gasteiger partial charge in [0, 0.05) is 25.2 Å². The van der Waals surface area contributed by atoms with Crippen molar-refractivity contribution in [3.63, 3.8) is 0 Å². The van der Waals surface area contributed by atoms with Crippen molar-refractivity contribution in [1.82, 2.24) is 4.90 Å². The Hall–Kier alpha value is -1.46. The molecular weight excluding hydrogens is 208 g/mol. The first-order chi connectivity index (χ1) is 7.35.